The van der Waals surface area contributed by atoms with E-state index in [9.17, 15) is 0 Å². The van der Waals surface area contributed by atoms with E-state index >= 15 is 0 Å². The lowest BCUT2D eigenvalue weighted by molar-refractivity contribution is 0.414. The Balaban J connectivity index is 1.51. The molecule has 1 fully saturated rings. The summed E-state index contributed by atoms with van der Waals surface area (Å²) in [5.74, 6) is 0. The van der Waals surface area contributed by atoms with E-state index in [4.69, 9.17) is 0 Å². The summed E-state index contributed by atoms with van der Waals surface area (Å²) in [5, 5.41) is 3.89. The summed E-state index contributed by atoms with van der Waals surface area (Å²) in [4.78, 5) is 0. The van der Waals surface area contributed by atoms with Gasteiger partial charge in [-0.05, 0) is 54.0 Å². The maximum absolute atomic E-state index is 3.89. The van der Waals surface area contributed by atoms with Crippen molar-refractivity contribution < 1.29 is 0 Å². The molecule has 1 N–H and O–H groups in total. The lowest BCUT2D eigenvalue weighted by atomic mass is 9.99. The minimum absolute atomic E-state index is 0.451. The van der Waals surface area contributed by atoms with Crippen LogP contribution in [0.2, 0.25) is 0 Å². The third kappa shape index (κ3) is 3.07. The SMILES string of the molecule is CC(NC1CCCCCC1)c1ccc2c(c1)Cc1ccccc1-2. The molecule has 0 heterocycles. The van der Waals surface area contributed by atoms with Crippen molar-refractivity contribution >= 4 is 0 Å². The number of fused-ring (bicyclic) bond motifs is 3. The molecule has 0 amide bonds. The van der Waals surface area contributed by atoms with Gasteiger partial charge in [-0.1, -0.05) is 68.1 Å². The molecule has 2 aromatic rings. The molecule has 120 valence electrons. The molecule has 0 saturated heterocycles. The topological polar surface area (TPSA) is 12.0 Å². The van der Waals surface area contributed by atoms with Crippen molar-refractivity contribution in [2.45, 2.75) is 64.0 Å². The molecule has 4 rings (SSSR count). The van der Waals surface area contributed by atoms with Gasteiger partial charge in [-0.2, -0.15) is 0 Å². The van der Waals surface area contributed by atoms with E-state index in [1.165, 1.54) is 66.3 Å². The van der Waals surface area contributed by atoms with Gasteiger partial charge in [0.15, 0.2) is 0 Å². The summed E-state index contributed by atoms with van der Waals surface area (Å²) in [6.07, 6.45) is 9.41. The normalized spacial score (nSPS) is 19.0. The lowest BCUT2D eigenvalue weighted by Crippen LogP contribution is -2.31. The summed E-state index contributed by atoms with van der Waals surface area (Å²) in [6, 6.07) is 17.1. The van der Waals surface area contributed by atoms with Crippen molar-refractivity contribution in [3.8, 4) is 11.1 Å². The molecule has 23 heavy (non-hydrogen) atoms. The second-order valence-corrected chi connectivity index (χ2v) is 7.33. The van der Waals surface area contributed by atoms with Gasteiger partial charge in [-0.15, -0.1) is 0 Å². The maximum Gasteiger partial charge on any atom is 0.0294 e. The summed E-state index contributed by atoms with van der Waals surface area (Å²) in [6.45, 7) is 2.33. The van der Waals surface area contributed by atoms with E-state index in [-0.39, 0.29) is 0 Å². The van der Waals surface area contributed by atoms with Gasteiger partial charge in [0.25, 0.3) is 0 Å². The van der Waals surface area contributed by atoms with Crippen LogP contribution in [-0.2, 0) is 6.42 Å². The van der Waals surface area contributed by atoms with Gasteiger partial charge in [0.2, 0.25) is 0 Å². The Bertz CT molecular complexity index is 680. The highest BCUT2D eigenvalue weighted by Crippen LogP contribution is 2.37. The molecule has 0 spiro atoms. The van der Waals surface area contributed by atoms with Gasteiger partial charge in [-0.25, -0.2) is 0 Å². The smallest absolute Gasteiger partial charge is 0.0294 e. The molecule has 0 aromatic heterocycles. The molecular weight excluding hydrogens is 278 g/mol. The molecule has 0 bridgehead atoms. The van der Waals surface area contributed by atoms with Crippen LogP contribution in [0.15, 0.2) is 42.5 Å². The summed E-state index contributed by atoms with van der Waals surface area (Å²) >= 11 is 0. The van der Waals surface area contributed by atoms with Crippen molar-refractivity contribution in [1.29, 1.82) is 0 Å². The Morgan fingerprint density at radius 2 is 1.61 bits per heavy atom. The molecule has 1 nitrogen and oxygen atoms in total. The highest BCUT2D eigenvalue weighted by molar-refractivity contribution is 5.76. The average Bonchev–Trinajstić information content (AvgIpc) is 2.74. The van der Waals surface area contributed by atoms with Gasteiger partial charge in [0.05, 0.1) is 0 Å². The minimum atomic E-state index is 0.451. The van der Waals surface area contributed by atoms with Crippen molar-refractivity contribution in [2.75, 3.05) is 0 Å². The molecule has 0 radical (unpaired) electrons. The fourth-order valence-electron chi connectivity index (χ4n) is 4.33. The second-order valence-electron chi connectivity index (χ2n) is 7.33. The maximum atomic E-state index is 3.89. The van der Waals surface area contributed by atoms with Crippen LogP contribution in [0.3, 0.4) is 0 Å². The Hall–Kier alpha value is -1.60. The molecule has 2 aromatic carbocycles. The predicted molar refractivity (Wildman–Crippen MR) is 97.7 cm³/mol. The van der Waals surface area contributed by atoms with E-state index in [0.717, 1.165) is 6.42 Å². The first kappa shape index (κ1) is 15.0. The fourth-order valence-corrected chi connectivity index (χ4v) is 4.33. The largest absolute Gasteiger partial charge is 0.307 e. The molecular formula is C22H27N. The molecule has 1 unspecified atom stereocenters. The molecule has 1 atom stereocenters. The summed E-state index contributed by atoms with van der Waals surface area (Å²) in [7, 11) is 0. The first-order valence-electron chi connectivity index (χ1n) is 9.28. The van der Waals surface area contributed by atoms with Gasteiger partial charge < -0.3 is 5.32 Å². The zero-order chi connectivity index (χ0) is 15.6. The van der Waals surface area contributed by atoms with Crippen LogP contribution in [0.25, 0.3) is 11.1 Å². The fraction of sp³-hybridized carbons (Fsp3) is 0.455. The molecule has 0 aliphatic heterocycles. The number of rotatable bonds is 3. The van der Waals surface area contributed by atoms with Crippen LogP contribution in [-0.4, -0.2) is 6.04 Å². The lowest BCUT2D eigenvalue weighted by Gasteiger charge is -2.23. The van der Waals surface area contributed by atoms with Crippen LogP contribution in [0, 0.1) is 0 Å². The van der Waals surface area contributed by atoms with E-state index in [1.54, 1.807) is 0 Å². The van der Waals surface area contributed by atoms with E-state index < -0.39 is 0 Å². The number of hydrogen-bond donors (Lipinski definition) is 1. The van der Waals surface area contributed by atoms with Crippen molar-refractivity contribution in [2.24, 2.45) is 0 Å². The zero-order valence-corrected chi connectivity index (χ0v) is 14.1. The van der Waals surface area contributed by atoms with E-state index in [1.807, 2.05) is 0 Å². The second kappa shape index (κ2) is 6.49. The van der Waals surface area contributed by atoms with Crippen molar-refractivity contribution in [1.82, 2.24) is 5.32 Å². The highest BCUT2D eigenvalue weighted by atomic mass is 14.9. The van der Waals surface area contributed by atoms with Crippen LogP contribution >= 0.6 is 0 Å². The van der Waals surface area contributed by atoms with E-state index in [0.29, 0.717) is 12.1 Å². The standard InChI is InChI=1S/C22H27N/c1-16(23-20-9-4-2-3-5-10-20)17-12-13-22-19(14-17)15-18-8-6-7-11-21(18)22/h6-8,11-14,16,20,23H,2-5,9-10,15H2,1H3. The monoisotopic (exact) mass is 305 g/mol. The van der Waals surface area contributed by atoms with Crippen LogP contribution in [0.1, 0.15) is 68.2 Å². The van der Waals surface area contributed by atoms with Crippen LogP contribution in [0.5, 0.6) is 0 Å². The van der Waals surface area contributed by atoms with Gasteiger partial charge in [0.1, 0.15) is 0 Å². The highest BCUT2D eigenvalue weighted by Gasteiger charge is 2.20. The quantitative estimate of drug-likeness (QED) is 0.618. The average molecular weight is 305 g/mol. The third-order valence-corrected chi connectivity index (χ3v) is 5.66. The third-order valence-electron chi connectivity index (χ3n) is 5.66. The predicted octanol–water partition coefficient (Wildman–Crippen LogP) is 5.63. The Morgan fingerprint density at radius 1 is 0.870 bits per heavy atom. The first-order chi connectivity index (χ1) is 11.3. The Morgan fingerprint density at radius 3 is 2.43 bits per heavy atom. The Kier molecular flexibility index (Phi) is 4.22. The van der Waals surface area contributed by atoms with Crippen LogP contribution in [0.4, 0.5) is 0 Å². The zero-order valence-electron chi connectivity index (χ0n) is 14.1. The van der Waals surface area contributed by atoms with Crippen molar-refractivity contribution in [3.05, 3.63) is 59.2 Å². The molecule has 2 aliphatic carbocycles. The Labute approximate surface area is 140 Å². The van der Waals surface area contributed by atoms with Crippen molar-refractivity contribution in [3.63, 3.8) is 0 Å². The summed E-state index contributed by atoms with van der Waals surface area (Å²) < 4.78 is 0. The number of nitrogens with one attached hydrogen (secondary N) is 1. The number of benzene rings is 2. The van der Waals surface area contributed by atoms with E-state index in [2.05, 4.69) is 54.7 Å². The molecule has 1 saturated carbocycles. The molecule has 2 aliphatic rings. The summed E-state index contributed by atoms with van der Waals surface area (Å²) in [5.41, 5.74) is 7.28. The van der Waals surface area contributed by atoms with Gasteiger partial charge >= 0.3 is 0 Å². The van der Waals surface area contributed by atoms with Gasteiger partial charge in [0, 0.05) is 12.1 Å². The van der Waals surface area contributed by atoms with Gasteiger partial charge in [-0.3, -0.25) is 0 Å². The van der Waals surface area contributed by atoms with Crippen LogP contribution < -0.4 is 5.32 Å². The first-order valence-corrected chi connectivity index (χ1v) is 9.28. The molecule has 1 heteroatoms. The number of hydrogen-bond acceptors (Lipinski definition) is 1. The minimum Gasteiger partial charge on any atom is -0.307 e.